The summed E-state index contributed by atoms with van der Waals surface area (Å²) < 4.78 is 41.4. The van der Waals surface area contributed by atoms with Crippen LogP contribution in [0.2, 0.25) is 0 Å². The smallest absolute Gasteiger partial charge is 0.261 e. The highest BCUT2D eigenvalue weighted by Crippen LogP contribution is 2.09. The first-order chi connectivity index (χ1) is 8.63. The third-order valence-corrected chi connectivity index (χ3v) is 2.16. The quantitative estimate of drug-likeness (QED) is 0.761. The number of nitrogens with zero attached hydrogens (tertiary/aromatic N) is 1. The van der Waals surface area contributed by atoms with Crippen LogP contribution in [0.5, 0.6) is 0 Å². The highest BCUT2D eigenvalue weighted by atomic mass is 19.3. The Balaban J connectivity index is 2.29. The Hall–Kier alpha value is -1.58. The number of halogens is 3. The van der Waals surface area contributed by atoms with Crippen LogP contribution in [0.1, 0.15) is 11.1 Å². The van der Waals surface area contributed by atoms with Gasteiger partial charge in [-0.3, -0.25) is 0 Å². The lowest BCUT2D eigenvalue weighted by molar-refractivity contribution is 0.0187. The van der Waals surface area contributed by atoms with Gasteiger partial charge >= 0.3 is 0 Å². The second kappa shape index (κ2) is 7.69. The number of rotatable bonds is 7. The van der Waals surface area contributed by atoms with Crippen molar-refractivity contribution in [3.8, 4) is 6.07 Å². The fourth-order valence-corrected chi connectivity index (χ4v) is 1.32. The minimum atomic E-state index is -2.48. The van der Waals surface area contributed by atoms with Crippen LogP contribution >= 0.6 is 0 Å². The molecule has 0 saturated heterocycles. The molecule has 1 rings (SSSR count). The van der Waals surface area contributed by atoms with Crippen molar-refractivity contribution in [1.29, 1.82) is 5.26 Å². The molecule has 0 aliphatic rings. The normalized spacial score (nSPS) is 10.6. The van der Waals surface area contributed by atoms with Gasteiger partial charge in [0.05, 0.1) is 18.2 Å². The van der Waals surface area contributed by atoms with Crippen LogP contribution in [0.3, 0.4) is 0 Å². The maximum absolute atomic E-state index is 13.3. The maximum atomic E-state index is 13.3. The predicted molar refractivity (Wildman–Crippen MR) is 59.6 cm³/mol. The molecule has 0 aromatic heterocycles. The fraction of sp³-hybridized carbons (Fsp3) is 0.417. The maximum Gasteiger partial charge on any atom is 0.261 e. The Morgan fingerprint density at radius 3 is 2.83 bits per heavy atom. The molecule has 0 amide bonds. The predicted octanol–water partition coefficient (Wildman–Crippen LogP) is 2.07. The Morgan fingerprint density at radius 2 is 2.17 bits per heavy atom. The van der Waals surface area contributed by atoms with Crippen molar-refractivity contribution in [3.05, 3.63) is 35.1 Å². The number of nitrogens with one attached hydrogen (secondary N) is 1. The third-order valence-electron chi connectivity index (χ3n) is 2.16. The molecule has 1 aromatic carbocycles. The zero-order chi connectivity index (χ0) is 13.4. The fourth-order valence-electron chi connectivity index (χ4n) is 1.32. The van der Waals surface area contributed by atoms with Gasteiger partial charge in [0, 0.05) is 18.7 Å². The monoisotopic (exact) mass is 258 g/mol. The molecule has 0 atom stereocenters. The molecule has 0 radical (unpaired) electrons. The van der Waals surface area contributed by atoms with Gasteiger partial charge in [0.1, 0.15) is 12.4 Å². The molecule has 0 bridgehead atoms. The van der Waals surface area contributed by atoms with Crippen LogP contribution in [0, 0.1) is 17.1 Å². The summed E-state index contributed by atoms with van der Waals surface area (Å²) in [5.74, 6) is -0.407. The van der Waals surface area contributed by atoms with Crippen LogP contribution in [0.25, 0.3) is 0 Å². The number of hydrogen-bond donors (Lipinski definition) is 1. The number of benzene rings is 1. The first-order valence-corrected chi connectivity index (χ1v) is 5.38. The van der Waals surface area contributed by atoms with Crippen LogP contribution in [-0.2, 0) is 11.3 Å². The minimum Gasteiger partial charge on any atom is -0.374 e. The molecule has 0 saturated carbocycles. The Labute approximate surface area is 103 Å². The lowest BCUT2D eigenvalue weighted by Gasteiger charge is -2.07. The van der Waals surface area contributed by atoms with Crippen LogP contribution < -0.4 is 5.32 Å². The average molecular weight is 258 g/mol. The topological polar surface area (TPSA) is 45.0 Å². The van der Waals surface area contributed by atoms with Gasteiger partial charge in [0.25, 0.3) is 6.43 Å². The summed E-state index contributed by atoms with van der Waals surface area (Å²) in [4.78, 5) is 0. The van der Waals surface area contributed by atoms with Crippen molar-refractivity contribution in [1.82, 2.24) is 5.32 Å². The molecular weight excluding hydrogens is 245 g/mol. The molecule has 0 spiro atoms. The van der Waals surface area contributed by atoms with Crippen LogP contribution in [0.4, 0.5) is 13.2 Å². The number of ether oxygens (including phenoxy) is 1. The summed E-state index contributed by atoms with van der Waals surface area (Å²) >= 11 is 0. The summed E-state index contributed by atoms with van der Waals surface area (Å²) in [7, 11) is 0. The van der Waals surface area contributed by atoms with E-state index in [0.717, 1.165) is 0 Å². The summed E-state index contributed by atoms with van der Waals surface area (Å²) in [5.41, 5.74) is 0.741. The molecule has 0 fully saturated rings. The molecular formula is C12H13F3N2O. The second-order valence-corrected chi connectivity index (χ2v) is 3.56. The average Bonchev–Trinajstić information content (AvgIpc) is 2.35. The lowest BCUT2D eigenvalue weighted by Crippen LogP contribution is -2.21. The highest BCUT2D eigenvalue weighted by Gasteiger charge is 2.04. The molecule has 0 aliphatic carbocycles. The SMILES string of the molecule is N#Cc1ccc(F)c(CNCCOCC(F)F)c1. The van der Waals surface area contributed by atoms with E-state index in [4.69, 9.17) is 5.26 Å². The molecule has 0 unspecified atom stereocenters. The van der Waals surface area contributed by atoms with E-state index in [0.29, 0.717) is 17.7 Å². The van der Waals surface area contributed by atoms with Gasteiger partial charge in [-0.05, 0) is 18.2 Å². The van der Waals surface area contributed by atoms with E-state index in [1.807, 2.05) is 6.07 Å². The standard InChI is InChI=1S/C12H13F3N2O/c13-11-2-1-9(6-16)5-10(11)7-17-3-4-18-8-12(14)15/h1-2,5,12,17H,3-4,7-8H2. The Bertz CT molecular complexity index is 418. The van der Waals surface area contributed by atoms with Crippen molar-refractivity contribution >= 4 is 0 Å². The van der Waals surface area contributed by atoms with E-state index in [2.05, 4.69) is 10.1 Å². The van der Waals surface area contributed by atoms with Gasteiger partial charge in [0.2, 0.25) is 0 Å². The zero-order valence-corrected chi connectivity index (χ0v) is 9.63. The third kappa shape index (κ3) is 5.17. The molecule has 1 aromatic rings. The van der Waals surface area contributed by atoms with Crippen LogP contribution in [0.15, 0.2) is 18.2 Å². The van der Waals surface area contributed by atoms with Gasteiger partial charge in [0.15, 0.2) is 0 Å². The second-order valence-electron chi connectivity index (χ2n) is 3.56. The minimum absolute atomic E-state index is 0.129. The number of alkyl halides is 2. The van der Waals surface area contributed by atoms with E-state index in [1.54, 1.807) is 0 Å². The Morgan fingerprint density at radius 1 is 1.39 bits per heavy atom. The van der Waals surface area contributed by atoms with Crippen molar-refractivity contribution < 1.29 is 17.9 Å². The van der Waals surface area contributed by atoms with Crippen molar-refractivity contribution in [3.63, 3.8) is 0 Å². The van der Waals surface area contributed by atoms with E-state index in [-0.39, 0.29) is 13.2 Å². The van der Waals surface area contributed by atoms with Gasteiger partial charge in [-0.15, -0.1) is 0 Å². The van der Waals surface area contributed by atoms with E-state index in [1.165, 1.54) is 18.2 Å². The molecule has 3 nitrogen and oxygen atoms in total. The first kappa shape index (κ1) is 14.5. The molecule has 0 aliphatic heterocycles. The summed E-state index contributed by atoms with van der Waals surface area (Å²) in [5, 5.41) is 11.5. The van der Waals surface area contributed by atoms with Gasteiger partial charge < -0.3 is 10.1 Å². The molecule has 6 heteroatoms. The largest absolute Gasteiger partial charge is 0.374 e. The Kier molecular flexibility index (Phi) is 6.19. The summed E-state index contributed by atoms with van der Waals surface area (Å²) in [6.07, 6.45) is -2.48. The van der Waals surface area contributed by atoms with E-state index >= 15 is 0 Å². The van der Waals surface area contributed by atoms with Crippen molar-refractivity contribution in [2.45, 2.75) is 13.0 Å². The summed E-state index contributed by atoms with van der Waals surface area (Å²) in [6.45, 7) is 0.0895. The lowest BCUT2D eigenvalue weighted by atomic mass is 10.1. The molecule has 0 heterocycles. The first-order valence-electron chi connectivity index (χ1n) is 5.38. The van der Waals surface area contributed by atoms with E-state index < -0.39 is 18.8 Å². The van der Waals surface area contributed by atoms with Gasteiger partial charge in [-0.2, -0.15) is 5.26 Å². The van der Waals surface area contributed by atoms with Crippen molar-refractivity contribution in [2.75, 3.05) is 19.8 Å². The van der Waals surface area contributed by atoms with Gasteiger partial charge in [-0.1, -0.05) is 0 Å². The van der Waals surface area contributed by atoms with Crippen LogP contribution in [-0.4, -0.2) is 26.2 Å². The molecule has 98 valence electrons. The molecule has 1 N–H and O–H groups in total. The highest BCUT2D eigenvalue weighted by molar-refractivity contribution is 5.33. The summed E-state index contributed by atoms with van der Waals surface area (Å²) in [6, 6.07) is 5.98. The number of hydrogen-bond acceptors (Lipinski definition) is 3. The van der Waals surface area contributed by atoms with E-state index in [9.17, 15) is 13.2 Å². The van der Waals surface area contributed by atoms with Gasteiger partial charge in [-0.25, -0.2) is 13.2 Å². The van der Waals surface area contributed by atoms with Crippen molar-refractivity contribution in [2.24, 2.45) is 0 Å². The molecule has 18 heavy (non-hydrogen) atoms. The number of nitriles is 1. The zero-order valence-electron chi connectivity index (χ0n) is 9.63.